The lowest BCUT2D eigenvalue weighted by Crippen LogP contribution is -2.08. The lowest BCUT2D eigenvalue weighted by molar-refractivity contribution is -0.383. The maximum absolute atomic E-state index is 13.0. The molecule has 0 saturated carbocycles. The van der Waals surface area contributed by atoms with Crippen molar-refractivity contribution in [3.05, 3.63) is 73.5 Å². The molecule has 13 heteroatoms. The number of benzene rings is 2. The van der Waals surface area contributed by atoms with Crippen LogP contribution in [0, 0.1) is 10.1 Å². The standard InChI is InChI=1S/C17H9Cl3F3N5O2/c18-9-4-10(19)6-11(5-9)26-15-14(28(29)30)16(25-7-24-15)27-13-3-8(17(21,22)23)1-2-12(13)20/h1-7H,(H2,24,25,26,27). The fourth-order valence-corrected chi connectivity index (χ4v) is 3.11. The quantitative estimate of drug-likeness (QED) is 0.308. The molecule has 30 heavy (non-hydrogen) atoms. The number of anilines is 4. The topological polar surface area (TPSA) is 93.0 Å². The number of hydrogen-bond acceptors (Lipinski definition) is 6. The lowest BCUT2D eigenvalue weighted by Gasteiger charge is -2.13. The van der Waals surface area contributed by atoms with E-state index in [4.69, 9.17) is 34.8 Å². The third-order valence-electron chi connectivity index (χ3n) is 3.68. The van der Waals surface area contributed by atoms with Gasteiger partial charge >= 0.3 is 11.9 Å². The van der Waals surface area contributed by atoms with Crippen LogP contribution in [-0.2, 0) is 6.18 Å². The molecular weight excluding hydrogens is 470 g/mol. The van der Waals surface area contributed by atoms with E-state index in [1.807, 2.05) is 0 Å². The highest BCUT2D eigenvalue weighted by atomic mass is 35.5. The molecule has 0 saturated heterocycles. The minimum absolute atomic E-state index is 0.0907. The van der Waals surface area contributed by atoms with E-state index < -0.39 is 22.4 Å². The van der Waals surface area contributed by atoms with E-state index in [9.17, 15) is 23.3 Å². The molecule has 3 aromatic rings. The molecule has 0 aliphatic heterocycles. The van der Waals surface area contributed by atoms with Crippen LogP contribution in [0.3, 0.4) is 0 Å². The number of halogens is 6. The van der Waals surface area contributed by atoms with Crippen molar-refractivity contribution in [2.45, 2.75) is 6.18 Å². The molecular formula is C17H9Cl3F3N5O2. The zero-order chi connectivity index (χ0) is 22.1. The van der Waals surface area contributed by atoms with Gasteiger partial charge in [0.1, 0.15) is 6.33 Å². The zero-order valence-corrected chi connectivity index (χ0v) is 16.7. The maximum atomic E-state index is 13.0. The second kappa shape index (κ2) is 8.50. The summed E-state index contributed by atoms with van der Waals surface area (Å²) in [6, 6.07) is 6.90. The van der Waals surface area contributed by atoms with Crippen molar-refractivity contribution >= 4 is 63.5 Å². The van der Waals surface area contributed by atoms with Crippen LogP contribution in [0.4, 0.5) is 41.9 Å². The Hall–Kier alpha value is -2.82. The fraction of sp³-hybridized carbons (Fsp3) is 0.0588. The molecule has 1 heterocycles. The molecule has 0 atom stereocenters. The second-order valence-electron chi connectivity index (χ2n) is 5.78. The Balaban J connectivity index is 2.03. The largest absolute Gasteiger partial charge is 0.416 e. The average molecular weight is 479 g/mol. The van der Waals surface area contributed by atoms with Gasteiger partial charge in [0, 0.05) is 15.7 Å². The first kappa shape index (κ1) is 21.9. The summed E-state index contributed by atoms with van der Waals surface area (Å²) < 4.78 is 38.9. The summed E-state index contributed by atoms with van der Waals surface area (Å²) in [5.41, 5.74) is -1.53. The highest BCUT2D eigenvalue weighted by Gasteiger charge is 2.31. The average Bonchev–Trinajstić information content (AvgIpc) is 2.61. The van der Waals surface area contributed by atoms with Gasteiger partial charge in [0.2, 0.25) is 11.6 Å². The van der Waals surface area contributed by atoms with Crippen LogP contribution in [0.2, 0.25) is 15.1 Å². The van der Waals surface area contributed by atoms with Gasteiger partial charge in [-0.15, -0.1) is 0 Å². The summed E-state index contributed by atoms with van der Waals surface area (Å²) in [6.07, 6.45) is -3.64. The number of hydrogen-bond donors (Lipinski definition) is 2. The van der Waals surface area contributed by atoms with Crippen LogP contribution in [0.5, 0.6) is 0 Å². The first-order chi connectivity index (χ1) is 14.0. The Morgan fingerprint density at radius 1 is 0.933 bits per heavy atom. The molecule has 0 aliphatic carbocycles. The normalized spacial score (nSPS) is 11.3. The van der Waals surface area contributed by atoms with E-state index in [1.165, 1.54) is 18.2 Å². The van der Waals surface area contributed by atoms with Gasteiger partial charge in [0.05, 0.1) is 21.2 Å². The number of rotatable bonds is 5. The monoisotopic (exact) mass is 477 g/mol. The molecule has 7 nitrogen and oxygen atoms in total. The van der Waals surface area contributed by atoms with Gasteiger partial charge in [-0.2, -0.15) is 13.2 Å². The van der Waals surface area contributed by atoms with E-state index in [-0.39, 0.29) is 32.4 Å². The summed E-state index contributed by atoms with van der Waals surface area (Å²) >= 11 is 17.8. The van der Waals surface area contributed by atoms with Gasteiger partial charge in [-0.1, -0.05) is 34.8 Å². The summed E-state index contributed by atoms with van der Waals surface area (Å²) in [5.74, 6) is -0.606. The number of alkyl halides is 3. The minimum Gasteiger partial charge on any atom is -0.334 e. The van der Waals surface area contributed by atoms with Crippen molar-refractivity contribution < 1.29 is 18.1 Å². The van der Waals surface area contributed by atoms with Crippen LogP contribution in [-0.4, -0.2) is 14.9 Å². The molecule has 0 radical (unpaired) electrons. The highest BCUT2D eigenvalue weighted by molar-refractivity contribution is 6.35. The first-order valence-electron chi connectivity index (χ1n) is 7.91. The Labute approximate surface area is 182 Å². The Morgan fingerprint density at radius 2 is 1.53 bits per heavy atom. The minimum atomic E-state index is -4.63. The molecule has 0 spiro atoms. The van der Waals surface area contributed by atoms with Crippen molar-refractivity contribution in [2.75, 3.05) is 10.6 Å². The Morgan fingerprint density at radius 3 is 2.10 bits per heavy atom. The first-order valence-corrected chi connectivity index (χ1v) is 9.04. The Bertz CT molecular complexity index is 1110. The van der Waals surface area contributed by atoms with Gasteiger partial charge in [0.25, 0.3) is 0 Å². The van der Waals surface area contributed by atoms with Gasteiger partial charge in [-0.05, 0) is 36.4 Å². The van der Waals surface area contributed by atoms with Crippen LogP contribution in [0.15, 0.2) is 42.7 Å². The SMILES string of the molecule is O=[N+]([O-])c1c(Nc2cc(Cl)cc(Cl)c2)ncnc1Nc1cc(C(F)(F)F)ccc1Cl. The summed E-state index contributed by atoms with van der Waals surface area (Å²) in [7, 11) is 0. The highest BCUT2D eigenvalue weighted by Crippen LogP contribution is 2.38. The summed E-state index contributed by atoms with van der Waals surface area (Å²) in [6.45, 7) is 0. The van der Waals surface area contributed by atoms with Crippen LogP contribution in [0.25, 0.3) is 0 Å². The maximum Gasteiger partial charge on any atom is 0.416 e. The van der Waals surface area contributed by atoms with E-state index in [0.717, 1.165) is 24.5 Å². The molecule has 3 rings (SSSR count). The third kappa shape index (κ3) is 5.02. The van der Waals surface area contributed by atoms with Crippen molar-refractivity contribution in [2.24, 2.45) is 0 Å². The molecule has 2 N–H and O–H groups in total. The molecule has 1 aromatic heterocycles. The lowest BCUT2D eigenvalue weighted by atomic mass is 10.2. The molecule has 0 bridgehead atoms. The predicted molar refractivity (Wildman–Crippen MR) is 108 cm³/mol. The molecule has 156 valence electrons. The Kier molecular flexibility index (Phi) is 6.20. The van der Waals surface area contributed by atoms with Crippen LogP contribution in [0.1, 0.15) is 5.56 Å². The van der Waals surface area contributed by atoms with Crippen molar-refractivity contribution in [3.63, 3.8) is 0 Å². The number of nitro groups is 1. The summed E-state index contributed by atoms with van der Waals surface area (Å²) in [4.78, 5) is 18.5. The third-order valence-corrected chi connectivity index (χ3v) is 4.44. The summed E-state index contributed by atoms with van der Waals surface area (Å²) in [5, 5.41) is 17.3. The van der Waals surface area contributed by atoms with Gasteiger partial charge in [-0.3, -0.25) is 10.1 Å². The fourth-order valence-electron chi connectivity index (χ4n) is 2.42. The van der Waals surface area contributed by atoms with Crippen molar-refractivity contribution in [1.29, 1.82) is 0 Å². The van der Waals surface area contributed by atoms with E-state index >= 15 is 0 Å². The zero-order valence-electron chi connectivity index (χ0n) is 14.5. The molecule has 0 amide bonds. The van der Waals surface area contributed by atoms with E-state index in [0.29, 0.717) is 5.69 Å². The predicted octanol–water partition coefficient (Wildman–Crippen LogP) is 6.85. The van der Waals surface area contributed by atoms with Gasteiger partial charge in [-0.25, -0.2) is 9.97 Å². The number of nitrogens with one attached hydrogen (secondary N) is 2. The van der Waals surface area contributed by atoms with Crippen LogP contribution >= 0.6 is 34.8 Å². The smallest absolute Gasteiger partial charge is 0.334 e. The van der Waals surface area contributed by atoms with Crippen molar-refractivity contribution in [1.82, 2.24) is 9.97 Å². The van der Waals surface area contributed by atoms with Crippen LogP contribution < -0.4 is 10.6 Å². The number of nitrogens with zero attached hydrogens (tertiary/aromatic N) is 3. The second-order valence-corrected chi connectivity index (χ2v) is 7.06. The molecule has 2 aromatic carbocycles. The van der Waals surface area contributed by atoms with Gasteiger partial charge < -0.3 is 10.6 Å². The van der Waals surface area contributed by atoms with Crippen molar-refractivity contribution in [3.8, 4) is 0 Å². The molecule has 0 unspecified atom stereocenters. The van der Waals surface area contributed by atoms with Gasteiger partial charge in [0.15, 0.2) is 0 Å². The molecule has 0 fully saturated rings. The van der Waals surface area contributed by atoms with E-state index in [2.05, 4.69) is 20.6 Å². The molecule has 0 aliphatic rings. The number of aromatic nitrogens is 2. The van der Waals surface area contributed by atoms with E-state index in [1.54, 1.807) is 0 Å².